The van der Waals surface area contributed by atoms with Gasteiger partial charge in [0.1, 0.15) is 5.75 Å². The van der Waals surface area contributed by atoms with E-state index in [4.69, 9.17) is 4.74 Å². The van der Waals surface area contributed by atoms with Crippen molar-refractivity contribution >= 4 is 5.91 Å². The Morgan fingerprint density at radius 2 is 2.33 bits per heavy atom. The Balaban J connectivity index is 1.79. The molecule has 1 heterocycles. The first-order valence-corrected chi connectivity index (χ1v) is 7.14. The maximum absolute atomic E-state index is 12.4. The lowest BCUT2D eigenvalue weighted by atomic mass is 9.93. The lowest BCUT2D eigenvalue weighted by Crippen LogP contribution is -2.30. The van der Waals surface area contributed by atoms with Crippen molar-refractivity contribution in [2.24, 2.45) is 7.05 Å². The van der Waals surface area contributed by atoms with Crippen molar-refractivity contribution in [3.8, 4) is 5.75 Å². The molecule has 5 nitrogen and oxygen atoms in total. The quantitative estimate of drug-likeness (QED) is 0.941. The average molecular weight is 285 g/mol. The first-order chi connectivity index (χ1) is 10.2. The van der Waals surface area contributed by atoms with Gasteiger partial charge in [0.2, 0.25) is 0 Å². The summed E-state index contributed by atoms with van der Waals surface area (Å²) in [4.78, 5) is 12.4. The third-order valence-electron chi connectivity index (χ3n) is 4.01. The molecular weight excluding hydrogens is 266 g/mol. The van der Waals surface area contributed by atoms with Crippen LogP contribution >= 0.6 is 0 Å². The molecular formula is C16H19N3O2. The number of aryl methyl sites for hydroxylation is 1. The molecule has 1 aliphatic rings. The summed E-state index contributed by atoms with van der Waals surface area (Å²) in [6, 6.07) is 7.24. The number of nitrogens with zero attached hydrogens (tertiary/aromatic N) is 2. The molecule has 2 aromatic rings. The number of benzene rings is 1. The van der Waals surface area contributed by atoms with E-state index in [9.17, 15) is 4.79 Å². The van der Waals surface area contributed by atoms with Crippen molar-refractivity contribution in [3.05, 3.63) is 47.3 Å². The van der Waals surface area contributed by atoms with Gasteiger partial charge in [0.25, 0.3) is 5.91 Å². The lowest BCUT2D eigenvalue weighted by Gasteiger charge is -2.23. The summed E-state index contributed by atoms with van der Waals surface area (Å²) in [5.74, 6) is 0.615. The summed E-state index contributed by atoms with van der Waals surface area (Å²) >= 11 is 0. The van der Waals surface area contributed by atoms with Crippen LogP contribution in [0.4, 0.5) is 0 Å². The minimum absolute atomic E-state index is 0.0427. The van der Waals surface area contributed by atoms with Gasteiger partial charge < -0.3 is 10.1 Å². The number of hydrogen-bond acceptors (Lipinski definition) is 3. The van der Waals surface area contributed by atoms with Crippen LogP contribution in [0.15, 0.2) is 30.5 Å². The Bertz CT molecular complexity index is 663. The smallest absolute Gasteiger partial charge is 0.251 e. The van der Waals surface area contributed by atoms with Crippen LogP contribution in [0.2, 0.25) is 0 Å². The van der Waals surface area contributed by atoms with Crippen molar-refractivity contribution < 1.29 is 9.53 Å². The first-order valence-electron chi connectivity index (χ1n) is 7.14. The largest absolute Gasteiger partial charge is 0.497 e. The second-order valence-corrected chi connectivity index (χ2v) is 5.32. The summed E-state index contributed by atoms with van der Waals surface area (Å²) in [6.45, 7) is 0. The van der Waals surface area contributed by atoms with Crippen molar-refractivity contribution in [1.29, 1.82) is 0 Å². The van der Waals surface area contributed by atoms with E-state index in [0.29, 0.717) is 11.3 Å². The normalized spacial score (nSPS) is 17.1. The molecule has 1 aromatic heterocycles. The molecule has 5 heteroatoms. The van der Waals surface area contributed by atoms with Crippen molar-refractivity contribution in [1.82, 2.24) is 15.1 Å². The number of amides is 1. The summed E-state index contributed by atoms with van der Waals surface area (Å²) in [7, 11) is 3.55. The predicted octanol–water partition coefficient (Wildman–Crippen LogP) is 2.24. The fourth-order valence-electron chi connectivity index (χ4n) is 2.86. The molecule has 21 heavy (non-hydrogen) atoms. The molecule has 1 aliphatic carbocycles. The van der Waals surface area contributed by atoms with Crippen LogP contribution in [-0.2, 0) is 13.5 Å². The zero-order valence-corrected chi connectivity index (χ0v) is 12.3. The van der Waals surface area contributed by atoms with E-state index in [0.717, 1.165) is 24.8 Å². The molecule has 1 N–H and O–H groups in total. The molecule has 0 saturated heterocycles. The highest BCUT2D eigenvalue weighted by Gasteiger charge is 2.25. The number of nitrogens with one attached hydrogen (secondary N) is 1. The predicted molar refractivity (Wildman–Crippen MR) is 79.3 cm³/mol. The standard InChI is InChI=1S/C16H19N3O2/c1-19-15-8-4-7-14(13(15)10-17-19)18-16(20)11-5-3-6-12(9-11)21-2/h3,5-6,9-10,14H,4,7-8H2,1-2H3,(H,18,20)/t14-/m1/s1. The molecule has 0 spiro atoms. The van der Waals surface area contributed by atoms with Gasteiger partial charge in [-0.3, -0.25) is 9.48 Å². The minimum Gasteiger partial charge on any atom is -0.497 e. The van der Waals surface area contributed by atoms with Gasteiger partial charge in [0.05, 0.1) is 19.3 Å². The Hall–Kier alpha value is -2.30. The molecule has 0 unspecified atom stereocenters. The molecule has 0 aliphatic heterocycles. The first kappa shape index (κ1) is 13.7. The number of rotatable bonds is 3. The van der Waals surface area contributed by atoms with Gasteiger partial charge in [-0.2, -0.15) is 5.10 Å². The third-order valence-corrected chi connectivity index (χ3v) is 4.01. The Kier molecular flexibility index (Phi) is 3.64. The molecule has 0 saturated carbocycles. The minimum atomic E-state index is -0.0735. The van der Waals surface area contributed by atoms with Crippen LogP contribution in [0.5, 0.6) is 5.75 Å². The maximum atomic E-state index is 12.4. The molecule has 110 valence electrons. The number of carbonyl (C=O) groups excluding carboxylic acids is 1. The SMILES string of the molecule is COc1cccc(C(=O)N[C@@H]2CCCc3c2cnn3C)c1. The van der Waals surface area contributed by atoms with Crippen LogP contribution < -0.4 is 10.1 Å². The van der Waals surface area contributed by atoms with Crippen LogP contribution in [0.25, 0.3) is 0 Å². The van der Waals surface area contributed by atoms with Gasteiger partial charge in [-0.15, -0.1) is 0 Å². The highest BCUT2D eigenvalue weighted by molar-refractivity contribution is 5.94. The van der Waals surface area contributed by atoms with E-state index in [1.165, 1.54) is 5.69 Å². The zero-order valence-electron chi connectivity index (χ0n) is 12.3. The van der Waals surface area contributed by atoms with Gasteiger partial charge in [-0.25, -0.2) is 0 Å². The zero-order chi connectivity index (χ0) is 14.8. The number of aromatic nitrogens is 2. The number of ether oxygens (including phenoxy) is 1. The summed E-state index contributed by atoms with van der Waals surface area (Å²) in [5, 5.41) is 7.41. The topological polar surface area (TPSA) is 56.1 Å². The molecule has 0 bridgehead atoms. The lowest BCUT2D eigenvalue weighted by molar-refractivity contribution is 0.0932. The molecule has 1 atom stereocenters. The van der Waals surface area contributed by atoms with Gasteiger partial charge in [-0.05, 0) is 37.5 Å². The van der Waals surface area contributed by atoms with E-state index >= 15 is 0 Å². The third kappa shape index (κ3) is 2.63. The van der Waals surface area contributed by atoms with E-state index < -0.39 is 0 Å². The molecule has 3 rings (SSSR count). The Labute approximate surface area is 123 Å². The molecule has 0 fully saturated rings. The van der Waals surface area contributed by atoms with E-state index in [2.05, 4.69) is 10.4 Å². The van der Waals surface area contributed by atoms with Gasteiger partial charge in [0.15, 0.2) is 0 Å². The molecule has 1 aromatic carbocycles. The fourth-order valence-corrected chi connectivity index (χ4v) is 2.86. The second kappa shape index (κ2) is 5.60. The van der Waals surface area contributed by atoms with Gasteiger partial charge in [-0.1, -0.05) is 6.07 Å². The number of hydrogen-bond donors (Lipinski definition) is 1. The second-order valence-electron chi connectivity index (χ2n) is 5.32. The highest BCUT2D eigenvalue weighted by atomic mass is 16.5. The van der Waals surface area contributed by atoms with Crippen molar-refractivity contribution in [3.63, 3.8) is 0 Å². The van der Waals surface area contributed by atoms with Crippen LogP contribution in [-0.4, -0.2) is 22.8 Å². The van der Waals surface area contributed by atoms with Crippen LogP contribution in [0, 0.1) is 0 Å². The number of methoxy groups -OCH3 is 1. The average Bonchev–Trinajstić information content (AvgIpc) is 2.90. The monoisotopic (exact) mass is 285 g/mol. The number of carbonyl (C=O) groups is 1. The Morgan fingerprint density at radius 1 is 1.48 bits per heavy atom. The maximum Gasteiger partial charge on any atom is 0.251 e. The summed E-state index contributed by atoms with van der Waals surface area (Å²) in [5.41, 5.74) is 2.97. The van der Waals surface area contributed by atoms with Crippen LogP contribution in [0.1, 0.15) is 40.5 Å². The van der Waals surface area contributed by atoms with Crippen molar-refractivity contribution in [2.45, 2.75) is 25.3 Å². The van der Waals surface area contributed by atoms with E-state index in [1.54, 1.807) is 19.2 Å². The van der Waals surface area contributed by atoms with Crippen molar-refractivity contribution in [2.75, 3.05) is 7.11 Å². The van der Waals surface area contributed by atoms with Gasteiger partial charge in [0, 0.05) is 23.9 Å². The summed E-state index contributed by atoms with van der Waals surface area (Å²) in [6.07, 6.45) is 4.91. The Morgan fingerprint density at radius 3 is 3.14 bits per heavy atom. The highest BCUT2D eigenvalue weighted by Crippen LogP contribution is 2.29. The molecule has 0 radical (unpaired) electrons. The molecule has 1 amide bonds. The van der Waals surface area contributed by atoms with E-state index in [1.807, 2.05) is 30.1 Å². The van der Waals surface area contributed by atoms with Gasteiger partial charge >= 0.3 is 0 Å². The summed E-state index contributed by atoms with van der Waals surface area (Å²) < 4.78 is 7.06. The van der Waals surface area contributed by atoms with Crippen LogP contribution in [0.3, 0.4) is 0 Å². The number of fused-ring (bicyclic) bond motifs is 1. The van der Waals surface area contributed by atoms with E-state index in [-0.39, 0.29) is 11.9 Å². The fraction of sp³-hybridized carbons (Fsp3) is 0.375.